The summed E-state index contributed by atoms with van der Waals surface area (Å²) in [5, 5.41) is 11.5. The van der Waals surface area contributed by atoms with Crippen molar-refractivity contribution in [3.63, 3.8) is 0 Å². The highest BCUT2D eigenvalue weighted by molar-refractivity contribution is 6.05. The van der Waals surface area contributed by atoms with Crippen molar-refractivity contribution in [2.75, 3.05) is 12.4 Å². The van der Waals surface area contributed by atoms with Gasteiger partial charge in [0.15, 0.2) is 11.3 Å². The molecule has 1 aromatic heterocycles. The minimum absolute atomic E-state index is 0.175. The normalized spacial score (nSPS) is 10.6. The van der Waals surface area contributed by atoms with Crippen LogP contribution in [0.4, 0.5) is 5.69 Å². The first kappa shape index (κ1) is 15.8. The second kappa shape index (κ2) is 6.20. The Kier molecular flexibility index (Phi) is 4.08. The zero-order valence-electron chi connectivity index (χ0n) is 13.8. The fourth-order valence-corrected chi connectivity index (χ4v) is 2.48. The largest absolute Gasteiger partial charge is 0.493 e. The lowest BCUT2D eigenvalue weighted by molar-refractivity contribution is 0.102. The van der Waals surface area contributed by atoms with Gasteiger partial charge in [0.05, 0.1) is 7.11 Å². The van der Waals surface area contributed by atoms with E-state index in [0.29, 0.717) is 22.4 Å². The van der Waals surface area contributed by atoms with E-state index >= 15 is 0 Å². The van der Waals surface area contributed by atoms with Crippen LogP contribution in [0.25, 0.3) is 11.0 Å². The molecule has 5 nitrogen and oxygen atoms in total. The number of nitrogens with one attached hydrogen (secondary N) is 2. The van der Waals surface area contributed by atoms with Crippen LogP contribution in [0.2, 0.25) is 0 Å². The Labute approximate surface area is 139 Å². The van der Waals surface area contributed by atoms with E-state index in [4.69, 9.17) is 14.6 Å². The van der Waals surface area contributed by atoms with Crippen LogP contribution in [0, 0.1) is 19.3 Å². The summed E-state index contributed by atoms with van der Waals surface area (Å²) in [7, 11) is 1.54. The molecule has 0 atom stereocenters. The molecule has 0 spiro atoms. The quantitative estimate of drug-likeness (QED) is 0.770. The average molecular weight is 322 g/mol. The highest BCUT2D eigenvalue weighted by Gasteiger charge is 2.14. The van der Waals surface area contributed by atoms with Crippen LogP contribution >= 0.6 is 0 Å². The van der Waals surface area contributed by atoms with Crippen molar-refractivity contribution >= 4 is 22.6 Å². The highest BCUT2D eigenvalue weighted by Crippen LogP contribution is 2.24. The number of aryl methyl sites for hydroxylation is 2. The lowest BCUT2D eigenvalue weighted by atomic mass is 10.1. The molecule has 122 valence electrons. The summed E-state index contributed by atoms with van der Waals surface area (Å²) < 4.78 is 10.7. The summed E-state index contributed by atoms with van der Waals surface area (Å²) in [5.74, 6) is 0.152. The zero-order valence-corrected chi connectivity index (χ0v) is 13.8. The third-order valence-electron chi connectivity index (χ3n) is 3.99. The Bertz CT molecular complexity index is 990. The van der Waals surface area contributed by atoms with Gasteiger partial charge in [-0.3, -0.25) is 10.2 Å². The van der Waals surface area contributed by atoms with Gasteiger partial charge in [-0.15, -0.1) is 0 Å². The first-order valence-electron chi connectivity index (χ1n) is 7.53. The number of carbonyl (C=O) groups excluding carboxylic acids is 1. The number of para-hydroxylation sites is 1. The molecular weight excluding hydrogens is 304 g/mol. The van der Waals surface area contributed by atoms with E-state index in [1.54, 1.807) is 12.1 Å². The molecule has 2 aromatic carbocycles. The SMILES string of the molecule is COc1cccc2cc(C(=O)Nc3ccc(C)c(C)c3)c(=N)oc12. The molecular formula is C19H18N2O3. The van der Waals surface area contributed by atoms with E-state index in [2.05, 4.69) is 5.32 Å². The van der Waals surface area contributed by atoms with Crippen LogP contribution in [0.3, 0.4) is 0 Å². The molecule has 1 amide bonds. The number of ether oxygens (including phenoxy) is 1. The van der Waals surface area contributed by atoms with Crippen LogP contribution in [-0.4, -0.2) is 13.0 Å². The van der Waals surface area contributed by atoms with Gasteiger partial charge in [-0.25, -0.2) is 0 Å². The number of methoxy groups -OCH3 is 1. The van der Waals surface area contributed by atoms with Gasteiger partial charge >= 0.3 is 0 Å². The standard InChI is InChI=1S/C19H18N2O3/c1-11-7-8-14(9-12(11)2)21-19(22)15-10-13-5-4-6-16(23-3)17(13)24-18(15)20/h4-10,20H,1-3H3,(H,21,22). The highest BCUT2D eigenvalue weighted by atomic mass is 16.5. The number of hydrogen-bond acceptors (Lipinski definition) is 4. The minimum atomic E-state index is -0.378. The molecule has 0 saturated carbocycles. The van der Waals surface area contributed by atoms with Crippen molar-refractivity contribution < 1.29 is 13.9 Å². The Balaban J connectivity index is 1.99. The zero-order chi connectivity index (χ0) is 17.3. The summed E-state index contributed by atoms with van der Waals surface area (Å²) in [6.07, 6.45) is 0. The number of anilines is 1. The summed E-state index contributed by atoms with van der Waals surface area (Å²) in [6, 6.07) is 12.7. The Morgan fingerprint density at radius 2 is 1.92 bits per heavy atom. The number of amides is 1. The maximum atomic E-state index is 12.5. The monoisotopic (exact) mass is 322 g/mol. The predicted octanol–water partition coefficient (Wildman–Crippen LogP) is 3.79. The molecule has 3 rings (SSSR count). The molecule has 2 N–H and O–H groups in total. The van der Waals surface area contributed by atoms with Gasteiger partial charge in [0, 0.05) is 11.1 Å². The molecule has 0 aliphatic rings. The van der Waals surface area contributed by atoms with E-state index < -0.39 is 0 Å². The van der Waals surface area contributed by atoms with Gasteiger partial charge in [-0.2, -0.15) is 0 Å². The van der Waals surface area contributed by atoms with Crippen molar-refractivity contribution in [3.05, 3.63) is 64.7 Å². The molecule has 0 bridgehead atoms. The molecule has 5 heteroatoms. The number of rotatable bonds is 3. The molecule has 0 aliphatic carbocycles. The third-order valence-corrected chi connectivity index (χ3v) is 3.99. The van der Waals surface area contributed by atoms with Gasteiger partial charge in [0.25, 0.3) is 5.91 Å². The molecule has 0 fully saturated rings. The first-order chi connectivity index (χ1) is 11.5. The predicted molar refractivity (Wildman–Crippen MR) is 92.5 cm³/mol. The first-order valence-corrected chi connectivity index (χ1v) is 7.53. The van der Waals surface area contributed by atoms with Crippen LogP contribution in [0.1, 0.15) is 21.5 Å². The maximum absolute atomic E-state index is 12.5. The molecule has 0 unspecified atom stereocenters. The van der Waals surface area contributed by atoms with Crippen LogP contribution < -0.4 is 15.6 Å². The number of carbonyl (C=O) groups is 1. The maximum Gasteiger partial charge on any atom is 0.261 e. The summed E-state index contributed by atoms with van der Waals surface area (Å²) in [4.78, 5) is 12.5. The van der Waals surface area contributed by atoms with Crippen LogP contribution in [-0.2, 0) is 0 Å². The smallest absolute Gasteiger partial charge is 0.261 e. The average Bonchev–Trinajstić information content (AvgIpc) is 2.57. The molecule has 24 heavy (non-hydrogen) atoms. The minimum Gasteiger partial charge on any atom is -0.493 e. The molecule has 1 heterocycles. The second-order valence-corrected chi connectivity index (χ2v) is 5.62. The fraction of sp³-hybridized carbons (Fsp3) is 0.158. The van der Waals surface area contributed by atoms with E-state index in [1.165, 1.54) is 7.11 Å². The molecule has 3 aromatic rings. The van der Waals surface area contributed by atoms with E-state index in [-0.39, 0.29) is 17.0 Å². The second-order valence-electron chi connectivity index (χ2n) is 5.62. The van der Waals surface area contributed by atoms with Gasteiger partial charge in [-0.1, -0.05) is 18.2 Å². The van der Waals surface area contributed by atoms with Crippen LogP contribution in [0.5, 0.6) is 5.75 Å². The summed E-state index contributed by atoms with van der Waals surface area (Å²) in [5.41, 5.74) is 3.36. The lowest BCUT2D eigenvalue weighted by Crippen LogP contribution is -2.21. The van der Waals surface area contributed by atoms with Crippen molar-refractivity contribution in [3.8, 4) is 5.75 Å². The van der Waals surface area contributed by atoms with Crippen molar-refractivity contribution in [2.45, 2.75) is 13.8 Å². The van der Waals surface area contributed by atoms with Crippen molar-refractivity contribution in [1.29, 1.82) is 5.41 Å². The Morgan fingerprint density at radius 1 is 1.12 bits per heavy atom. The van der Waals surface area contributed by atoms with Crippen molar-refractivity contribution in [2.24, 2.45) is 0 Å². The summed E-state index contributed by atoms with van der Waals surface area (Å²) >= 11 is 0. The number of fused-ring (bicyclic) bond motifs is 1. The fourth-order valence-electron chi connectivity index (χ4n) is 2.48. The topological polar surface area (TPSA) is 75.3 Å². The molecule has 0 aliphatic heterocycles. The number of hydrogen-bond donors (Lipinski definition) is 2. The van der Waals surface area contributed by atoms with Gasteiger partial charge in [0.2, 0.25) is 5.55 Å². The number of benzene rings is 2. The van der Waals surface area contributed by atoms with E-state index in [0.717, 1.165) is 11.1 Å². The van der Waals surface area contributed by atoms with Crippen molar-refractivity contribution in [1.82, 2.24) is 0 Å². The van der Waals surface area contributed by atoms with Crippen LogP contribution in [0.15, 0.2) is 46.9 Å². The summed E-state index contributed by atoms with van der Waals surface area (Å²) in [6.45, 7) is 4.00. The molecule has 0 radical (unpaired) electrons. The molecule has 0 saturated heterocycles. The lowest BCUT2D eigenvalue weighted by Gasteiger charge is -2.09. The van der Waals surface area contributed by atoms with Gasteiger partial charge in [-0.05, 0) is 49.2 Å². The van der Waals surface area contributed by atoms with E-state index in [9.17, 15) is 4.79 Å². The van der Waals surface area contributed by atoms with Gasteiger partial charge < -0.3 is 14.5 Å². The Morgan fingerprint density at radius 3 is 2.62 bits per heavy atom. The third kappa shape index (κ3) is 2.88. The van der Waals surface area contributed by atoms with E-state index in [1.807, 2.05) is 44.2 Å². The Hall–Kier alpha value is -3.08. The van der Waals surface area contributed by atoms with Gasteiger partial charge in [0.1, 0.15) is 5.56 Å².